The molecule has 0 atom stereocenters. The molecule has 0 spiro atoms. The Kier molecular flexibility index (Phi) is 5.21. The van der Waals surface area contributed by atoms with Gasteiger partial charge in [-0.25, -0.2) is 13.4 Å². The van der Waals surface area contributed by atoms with Crippen molar-refractivity contribution in [1.29, 1.82) is 0 Å². The zero-order valence-corrected chi connectivity index (χ0v) is 18.0. The molecular formula is C21H17ClN2O3S2. The van der Waals surface area contributed by atoms with Gasteiger partial charge in [-0.05, 0) is 55.5 Å². The van der Waals surface area contributed by atoms with Gasteiger partial charge in [0.1, 0.15) is 10.8 Å². The number of nitrogens with one attached hydrogen (secondary N) is 1. The van der Waals surface area contributed by atoms with Gasteiger partial charge in [-0.1, -0.05) is 29.3 Å². The number of halogens is 1. The lowest BCUT2D eigenvalue weighted by Crippen LogP contribution is -2.12. The van der Waals surface area contributed by atoms with Gasteiger partial charge in [0, 0.05) is 5.56 Å². The zero-order chi connectivity index (χ0) is 20.6. The van der Waals surface area contributed by atoms with Crippen molar-refractivity contribution >= 4 is 48.9 Å². The standard InChI is InChI=1S/C21H17ClN2O3S2/c1-13-3-7-16(8-4-13)29(25,26)24-14-5-9-17(18(22)11-14)21-23-19-10-6-15(27-2)12-20(19)28-21/h3-12,24H,1-2H3. The predicted octanol–water partition coefficient (Wildman–Crippen LogP) is 5.73. The Labute approximate surface area is 178 Å². The Balaban J connectivity index is 1.63. The molecule has 8 heteroatoms. The van der Waals surface area contributed by atoms with Crippen LogP contribution in [0.3, 0.4) is 0 Å². The van der Waals surface area contributed by atoms with Gasteiger partial charge in [0.25, 0.3) is 10.0 Å². The minimum absolute atomic E-state index is 0.198. The third kappa shape index (κ3) is 4.07. The number of methoxy groups -OCH3 is 1. The number of ether oxygens (including phenoxy) is 1. The van der Waals surface area contributed by atoms with Crippen LogP contribution in [0.5, 0.6) is 5.75 Å². The molecule has 0 fully saturated rings. The molecule has 3 aromatic carbocycles. The summed E-state index contributed by atoms with van der Waals surface area (Å²) in [6.07, 6.45) is 0. The average Bonchev–Trinajstić information content (AvgIpc) is 3.10. The first kappa shape index (κ1) is 19.7. The van der Waals surface area contributed by atoms with Crippen molar-refractivity contribution in [1.82, 2.24) is 4.98 Å². The molecule has 0 bridgehead atoms. The fourth-order valence-corrected chi connectivity index (χ4v) is 5.24. The number of fused-ring (bicyclic) bond motifs is 1. The fourth-order valence-electron chi connectivity index (χ4n) is 2.83. The van der Waals surface area contributed by atoms with Gasteiger partial charge in [-0.15, -0.1) is 11.3 Å². The van der Waals surface area contributed by atoms with E-state index in [0.717, 1.165) is 32.1 Å². The van der Waals surface area contributed by atoms with Gasteiger partial charge < -0.3 is 4.74 Å². The van der Waals surface area contributed by atoms with E-state index in [-0.39, 0.29) is 4.90 Å². The summed E-state index contributed by atoms with van der Waals surface area (Å²) in [5.41, 5.74) is 2.98. The summed E-state index contributed by atoms with van der Waals surface area (Å²) in [5, 5.41) is 1.17. The summed E-state index contributed by atoms with van der Waals surface area (Å²) >= 11 is 7.95. The number of thiazole rings is 1. The molecule has 0 saturated heterocycles. The summed E-state index contributed by atoms with van der Waals surface area (Å²) < 4.78 is 34.0. The molecule has 1 heterocycles. The number of sulfonamides is 1. The SMILES string of the molecule is COc1ccc2nc(-c3ccc(NS(=O)(=O)c4ccc(C)cc4)cc3Cl)sc2c1. The normalized spacial score (nSPS) is 11.6. The summed E-state index contributed by atoms with van der Waals surface area (Å²) in [4.78, 5) is 4.82. The van der Waals surface area contributed by atoms with Crippen LogP contribution in [0.4, 0.5) is 5.69 Å². The molecule has 0 amide bonds. The highest BCUT2D eigenvalue weighted by atomic mass is 35.5. The number of aromatic nitrogens is 1. The first-order valence-corrected chi connectivity index (χ1v) is 11.4. The molecular weight excluding hydrogens is 428 g/mol. The van der Waals surface area contributed by atoms with Crippen molar-refractivity contribution in [2.24, 2.45) is 0 Å². The van der Waals surface area contributed by atoms with Crippen LogP contribution in [0.15, 0.2) is 65.6 Å². The summed E-state index contributed by atoms with van der Waals surface area (Å²) in [6, 6.07) is 17.4. The maximum atomic E-state index is 12.6. The molecule has 0 unspecified atom stereocenters. The van der Waals surface area contributed by atoms with Crippen molar-refractivity contribution in [3.8, 4) is 16.3 Å². The lowest BCUT2D eigenvalue weighted by atomic mass is 10.2. The van der Waals surface area contributed by atoms with Crippen LogP contribution in [0.25, 0.3) is 20.8 Å². The molecule has 1 N–H and O–H groups in total. The third-order valence-electron chi connectivity index (χ3n) is 4.38. The minimum atomic E-state index is -3.69. The van der Waals surface area contributed by atoms with Gasteiger partial charge >= 0.3 is 0 Å². The number of nitrogens with zero attached hydrogens (tertiary/aromatic N) is 1. The van der Waals surface area contributed by atoms with E-state index in [4.69, 9.17) is 16.3 Å². The third-order valence-corrected chi connectivity index (χ3v) is 7.14. The van der Waals surface area contributed by atoms with Crippen molar-refractivity contribution in [2.45, 2.75) is 11.8 Å². The Hall–Kier alpha value is -2.61. The second-order valence-corrected chi connectivity index (χ2v) is 9.59. The average molecular weight is 445 g/mol. The highest BCUT2D eigenvalue weighted by molar-refractivity contribution is 7.92. The van der Waals surface area contributed by atoms with Crippen molar-refractivity contribution in [3.05, 3.63) is 71.2 Å². The number of hydrogen-bond donors (Lipinski definition) is 1. The monoisotopic (exact) mass is 444 g/mol. The quantitative estimate of drug-likeness (QED) is 0.426. The molecule has 29 heavy (non-hydrogen) atoms. The molecule has 1 aromatic heterocycles. The number of aryl methyl sites for hydroxylation is 1. The van der Waals surface area contributed by atoms with Gasteiger partial charge in [-0.3, -0.25) is 4.72 Å². The fraction of sp³-hybridized carbons (Fsp3) is 0.0952. The van der Waals surface area contributed by atoms with E-state index in [9.17, 15) is 8.42 Å². The molecule has 0 radical (unpaired) electrons. The van der Waals surface area contributed by atoms with Crippen LogP contribution in [-0.4, -0.2) is 20.5 Å². The van der Waals surface area contributed by atoms with Crippen LogP contribution >= 0.6 is 22.9 Å². The van der Waals surface area contributed by atoms with E-state index >= 15 is 0 Å². The van der Waals surface area contributed by atoms with Gasteiger partial charge in [0.2, 0.25) is 0 Å². The van der Waals surface area contributed by atoms with E-state index in [0.29, 0.717) is 10.7 Å². The van der Waals surface area contributed by atoms with Crippen LogP contribution in [0, 0.1) is 6.92 Å². The topological polar surface area (TPSA) is 68.3 Å². The Bertz CT molecular complexity index is 1300. The largest absolute Gasteiger partial charge is 0.497 e. The molecule has 5 nitrogen and oxygen atoms in total. The predicted molar refractivity (Wildman–Crippen MR) is 119 cm³/mol. The van der Waals surface area contributed by atoms with Gasteiger partial charge in [0.05, 0.1) is 32.9 Å². The van der Waals surface area contributed by atoms with Crippen molar-refractivity contribution < 1.29 is 13.2 Å². The molecule has 0 aliphatic heterocycles. The summed E-state index contributed by atoms with van der Waals surface area (Å²) in [7, 11) is -2.07. The summed E-state index contributed by atoms with van der Waals surface area (Å²) in [5.74, 6) is 0.764. The van der Waals surface area contributed by atoms with E-state index < -0.39 is 10.0 Å². The second-order valence-electron chi connectivity index (χ2n) is 6.47. The highest BCUT2D eigenvalue weighted by Gasteiger charge is 2.16. The Morgan fingerprint density at radius 1 is 1.03 bits per heavy atom. The molecule has 0 aliphatic rings. The van der Waals surface area contributed by atoms with E-state index in [1.54, 1.807) is 49.6 Å². The lowest BCUT2D eigenvalue weighted by Gasteiger charge is -2.10. The maximum Gasteiger partial charge on any atom is 0.261 e. The van der Waals surface area contributed by atoms with E-state index in [1.807, 2.05) is 25.1 Å². The van der Waals surface area contributed by atoms with Crippen LogP contribution < -0.4 is 9.46 Å². The van der Waals surface area contributed by atoms with E-state index in [2.05, 4.69) is 9.71 Å². The number of anilines is 1. The maximum absolute atomic E-state index is 12.6. The van der Waals surface area contributed by atoms with Crippen molar-refractivity contribution in [3.63, 3.8) is 0 Å². The first-order valence-electron chi connectivity index (χ1n) is 8.70. The number of hydrogen-bond acceptors (Lipinski definition) is 5. The molecule has 4 rings (SSSR count). The van der Waals surface area contributed by atoms with Crippen LogP contribution in [0.2, 0.25) is 5.02 Å². The summed E-state index contributed by atoms with van der Waals surface area (Å²) in [6.45, 7) is 1.90. The lowest BCUT2D eigenvalue weighted by molar-refractivity contribution is 0.415. The highest BCUT2D eigenvalue weighted by Crippen LogP contribution is 2.37. The Morgan fingerprint density at radius 2 is 1.79 bits per heavy atom. The molecule has 148 valence electrons. The molecule has 4 aromatic rings. The zero-order valence-electron chi connectivity index (χ0n) is 15.6. The van der Waals surface area contributed by atoms with Gasteiger partial charge in [-0.2, -0.15) is 0 Å². The molecule has 0 saturated carbocycles. The van der Waals surface area contributed by atoms with Crippen LogP contribution in [-0.2, 0) is 10.0 Å². The number of benzene rings is 3. The van der Waals surface area contributed by atoms with Crippen molar-refractivity contribution in [2.75, 3.05) is 11.8 Å². The molecule has 0 aliphatic carbocycles. The second kappa shape index (κ2) is 7.67. The Morgan fingerprint density at radius 3 is 2.48 bits per heavy atom. The first-order chi connectivity index (χ1) is 13.9. The minimum Gasteiger partial charge on any atom is -0.497 e. The smallest absolute Gasteiger partial charge is 0.261 e. The van der Waals surface area contributed by atoms with Gasteiger partial charge in [0.15, 0.2) is 0 Å². The van der Waals surface area contributed by atoms with Crippen LogP contribution in [0.1, 0.15) is 5.56 Å². The number of rotatable bonds is 5. The van der Waals surface area contributed by atoms with E-state index in [1.165, 1.54) is 11.3 Å².